The van der Waals surface area contributed by atoms with Crippen molar-refractivity contribution in [2.75, 3.05) is 44.6 Å². The molecule has 0 aliphatic carbocycles. The molecule has 3 amide bonds. The molecule has 0 bridgehead atoms. The molecular formula is C32H48N4O6S2. The lowest BCUT2D eigenvalue weighted by atomic mass is 10.0. The van der Waals surface area contributed by atoms with Crippen LogP contribution in [0.3, 0.4) is 0 Å². The lowest BCUT2D eigenvalue weighted by Crippen LogP contribution is -2.37. The van der Waals surface area contributed by atoms with E-state index in [-0.39, 0.29) is 23.0 Å². The van der Waals surface area contributed by atoms with E-state index in [1.165, 1.54) is 39.9 Å². The van der Waals surface area contributed by atoms with Crippen LogP contribution >= 0.6 is 11.3 Å². The predicted octanol–water partition coefficient (Wildman–Crippen LogP) is 6.37. The lowest BCUT2D eigenvalue weighted by molar-refractivity contribution is 0.0755. The Labute approximate surface area is 266 Å². The number of fused-ring (bicyclic) bond motifs is 1. The van der Waals surface area contributed by atoms with Crippen molar-refractivity contribution >= 4 is 44.3 Å². The molecule has 3 rings (SSSR count). The molecule has 0 spiro atoms. The van der Waals surface area contributed by atoms with Crippen molar-refractivity contribution in [1.82, 2.24) is 14.1 Å². The molecule has 0 unspecified atom stereocenters. The van der Waals surface area contributed by atoms with Gasteiger partial charge < -0.3 is 19.9 Å². The van der Waals surface area contributed by atoms with Gasteiger partial charge in [-0.25, -0.2) is 13.2 Å². The van der Waals surface area contributed by atoms with E-state index in [0.717, 1.165) is 49.0 Å². The van der Waals surface area contributed by atoms with Crippen LogP contribution in [0.2, 0.25) is 0 Å². The van der Waals surface area contributed by atoms with Crippen LogP contribution in [0.1, 0.15) is 104 Å². The molecule has 0 atom stereocenters. The topological polar surface area (TPSA) is 116 Å². The van der Waals surface area contributed by atoms with E-state index in [4.69, 9.17) is 4.74 Å². The maximum absolute atomic E-state index is 13.9. The summed E-state index contributed by atoms with van der Waals surface area (Å²) in [6.45, 7) is 13.0. The Morgan fingerprint density at radius 3 is 2.07 bits per heavy atom. The van der Waals surface area contributed by atoms with Gasteiger partial charge in [0.1, 0.15) is 5.00 Å². The van der Waals surface area contributed by atoms with Crippen molar-refractivity contribution in [2.24, 2.45) is 0 Å². The zero-order chi connectivity index (χ0) is 32.3. The molecule has 1 aromatic heterocycles. The fraction of sp³-hybridized carbons (Fsp3) is 0.594. The van der Waals surface area contributed by atoms with Gasteiger partial charge in [-0.3, -0.25) is 9.59 Å². The number of rotatable bonds is 16. The van der Waals surface area contributed by atoms with Gasteiger partial charge in [0.25, 0.3) is 11.8 Å². The first kappa shape index (κ1) is 35.5. The monoisotopic (exact) mass is 648 g/mol. The third-order valence-electron chi connectivity index (χ3n) is 7.57. The molecule has 1 aliphatic rings. The Bertz CT molecular complexity index is 1360. The van der Waals surface area contributed by atoms with E-state index in [1.807, 2.05) is 32.6 Å². The highest BCUT2D eigenvalue weighted by molar-refractivity contribution is 7.89. The largest absolute Gasteiger partial charge is 0.450 e. The number of carbonyl (C=O) groups excluding carboxylic acids is 3. The fourth-order valence-electron chi connectivity index (χ4n) is 5.22. The summed E-state index contributed by atoms with van der Waals surface area (Å²) in [5.41, 5.74) is 1.62. The molecule has 0 saturated carbocycles. The van der Waals surface area contributed by atoms with Crippen LogP contribution in [0.4, 0.5) is 9.80 Å². The minimum atomic E-state index is -3.69. The van der Waals surface area contributed by atoms with Gasteiger partial charge in [0.05, 0.1) is 23.6 Å². The molecule has 10 nitrogen and oxygen atoms in total. The number of nitrogens with zero attached hydrogens (tertiary/aromatic N) is 3. The first-order chi connectivity index (χ1) is 21.1. The third kappa shape index (κ3) is 8.60. The molecule has 244 valence electrons. The minimum Gasteiger partial charge on any atom is -0.450 e. The number of carbonyl (C=O) groups is 3. The molecule has 2 aromatic rings. The fourth-order valence-corrected chi connectivity index (χ4v) is 7.99. The van der Waals surface area contributed by atoms with Crippen molar-refractivity contribution in [3.63, 3.8) is 0 Å². The van der Waals surface area contributed by atoms with E-state index in [0.29, 0.717) is 56.3 Å². The quantitative estimate of drug-likeness (QED) is 0.226. The van der Waals surface area contributed by atoms with E-state index >= 15 is 0 Å². The zero-order valence-electron chi connectivity index (χ0n) is 26.8. The summed E-state index contributed by atoms with van der Waals surface area (Å²) in [4.78, 5) is 44.2. The second-order valence-electron chi connectivity index (χ2n) is 11.0. The van der Waals surface area contributed by atoms with Crippen molar-refractivity contribution in [1.29, 1.82) is 0 Å². The summed E-state index contributed by atoms with van der Waals surface area (Å²) in [5, 5.41) is 3.39. The maximum atomic E-state index is 13.9. The van der Waals surface area contributed by atoms with Crippen LogP contribution in [0.15, 0.2) is 29.2 Å². The standard InChI is InChI=1S/C32H48N4O6S2/c1-6-11-20-36(21-12-7-2)44(40,41)25-15-13-24(14-16-25)29(37)33-30-28(31(38)34(18-8-3)19-9-4)26-17-22-35(23-27(26)43-30)32(39)42-10-5/h13-16H,6-12,17-23H2,1-5H3,(H,33,37). The van der Waals surface area contributed by atoms with Gasteiger partial charge in [-0.15, -0.1) is 11.3 Å². The van der Waals surface area contributed by atoms with Gasteiger partial charge in [-0.1, -0.05) is 40.5 Å². The van der Waals surface area contributed by atoms with Crippen molar-refractivity contribution in [2.45, 2.75) is 91.0 Å². The number of unbranched alkanes of at least 4 members (excludes halogenated alkanes) is 2. The van der Waals surface area contributed by atoms with E-state index in [9.17, 15) is 22.8 Å². The number of benzene rings is 1. The van der Waals surface area contributed by atoms with Crippen molar-refractivity contribution < 1.29 is 27.5 Å². The average Bonchev–Trinajstić information content (AvgIpc) is 3.37. The molecule has 0 radical (unpaired) electrons. The Balaban J connectivity index is 1.91. The number of sulfonamides is 1. The first-order valence-electron chi connectivity index (χ1n) is 15.9. The Hall–Kier alpha value is -2.96. The molecule has 12 heteroatoms. The van der Waals surface area contributed by atoms with Gasteiger partial charge in [-0.05, 0) is 68.9 Å². The normalized spacial score (nSPS) is 13.1. The molecule has 44 heavy (non-hydrogen) atoms. The van der Waals surface area contributed by atoms with E-state index in [1.54, 1.807) is 11.8 Å². The lowest BCUT2D eigenvalue weighted by Gasteiger charge is -2.27. The maximum Gasteiger partial charge on any atom is 0.410 e. The zero-order valence-corrected chi connectivity index (χ0v) is 28.4. The van der Waals surface area contributed by atoms with Crippen LogP contribution in [0.25, 0.3) is 0 Å². The van der Waals surface area contributed by atoms with Gasteiger partial charge in [0.15, 0.2) is 0 Å². The highest BCUT2D eigenvalue weighted by atomic mass is 32.2. The smallest absolute Gasteiger partial charge is 0.410 e. The number of amides is 3. The third-order valence-corrected chi connectivity index (χ3v) is 10.6. The number of thiophene rings is 1. The van der Waals surface area contributed by atoms with E-state index in [2.05, 4.69) is 5.32 Å². The van der Waals surface area contributed by atoms with Crippen LogP contribution in [0.5, 0.6) is 0 Å². The number of anilines is 1. The summed E-state index contributed by atoms with van der Waals surface area (Å²) in [7, 11) is -3.69. The Morgan fingerprint density at radius 1 is 0.909 bits per heavy atom. The van der Waals surface area contributed by atoms with Crippen molar-refractivity contribution in [3.8, 4) is 0 Å². The number of hydrogen-bond acceptors (Lipinski definition) is 7. The number of ether oxygens (including phenoxy) is 1. The van der Waals surface area contributed by atoms with Gasteiger partial charge in [0.2, 0.25) is 10.0 Å². The molecule has 0 fully saturated rings. The Kier molecular flexibility index (Phi) is 13.7. The van der Waals surface area contributed by atoms with Gasteiger partial charge >= 0.3 is 6.09 Å². The van der Waals surface area contributed by atoms with Crippen LogP contribution in [0, 0.1) is 0 Å². The average molecular weight is 649 g/mol. The minimum absolute atomic E-state index is 0.133. The SMILES string of the molecule is CCCCN(CCCC)S(=O)(=O)c1ccc(C(=O)Nc2sc3c(c2C(=O)N(CCC)CCC)CCN(C(=O)OCC)C3)cc1. The summed E-state index contributed by atoms with van der Waals surface area (Å²) < 4.78 is 33.5. The van der Waals surface area contributed by atoms with Crippen LogP contribution < -0.4 is 5.32 Å². The Morgan fingerprint density at radius 2 is 1.52 bits per heavy atom. The molecule has 1 aliphatic heterocycles. The molecule has 0 saturated heterocycles. The number of hydrogen-bond donors (Lipinski definition) is 1. The molecule has 2 heterocycles. The second kappa shape index (κ2) is 16.9. The second-order valence-corrected chi connectivity index (χ2v) is 14.0. The predicted molar refractivity (Wildman–Crippen MR) is 175 cm³/mol. The number of nitrogens with one attached hydrogen (secondary N) is 1. The summed E-state index contributed by atoms with van der Waals surface area (Å²) >= 11 is 1.30. The summed E-state index contributed by atoms with van der Waals surface area (Å²) in [5.74, 6) is -0.568. The van der Waals surface area contributed by atoms with Gasteiger partial charge in [-0.2, -0.15) is 4.31 Å². The van der Waals surface area contributed by atoms with Gasteiger partial charge in [0, 0.05) is 43.2 Å². The molecule has 1 aromatic carbocycles. The van der Waals surface area contributed by atoms with Crippen LogP contribution in [-0.4, -0.2) is 79.8 Å². The summed E-state index contributed by atoms with van der Waals surface area (Å²) in [6.07, 6.45) is 5.03. The van der Waals surface area contributed by atoms with Crippen molar-refractivity contribution in [3.05, 3.63) is 45.8 Å². The first-order valence-corrected chi connectivity index (χ1v) is 18.1. The van der Waals surface area contributed by atoms with Crippen LogP contribution in [-0.2, 0) is 27.7 Å². The van der Waals surface area contributed by atoms with E-state index < -0.39 is 22.0 Å². The molecule has 1 N–H and O–H groups in total. The highest BCUT2D eigenvalue weighted by Gasteiger charge is 2.33. The highest BCUT2D eigenvalue weighted by Crippen LogP contribution is 2.38. The molecular weight excluding hydrogens is 601 g/mol. The summed E-state index contributed by atoms with van der Waals surface area (Å²) in [6, 6.07) is 5.97.